The molecular formula is C33H32Cl2O2. The summed E-state index contributed by atoms with van der Waals surface area (Å²) in [6.45, 7) is 7.02. The predicted molar refractivity (Wildman–Crippen MR) is 155 cm³/mol. The number of hydrogen-bond acceptors (Lipinski definition) is 2. The van der Waals surface area contributed by atoms with E-state index in [1.807, 2.05) is 60.7 Å². The largest absolute Gasteiger partial charge is 0.508 e. The Bertz CT molecular complexity index is 1360. The van der Waals surface area contributed by atoms with Crippen LogP contribution in [0.15, 0.2) is 84.9 Å². The van der Waals surface area contributed by atoms with Gasteiger partial charge in [-0.15, -0.1) is 0 Å². The van der Waals surface area contributed by atoms with Crippen LogP contribution in [0.4, 0.5) is 0 Å². The second-order valence-electron chi connectivity index (χ2n) is 11.4. The van der Waals surface area contributed by atoms with Crippen LogP contribution in [0.2, 0.25) is 10.0 Å². The van der Waals surface area contributed by atoms with Crippen molar-refractivity contribution in [1.29, 1.82) is 0 Å². The molecule has 0 radical (unpaired) electrons. The Kier molecular flexibility index (Phi) is 6.77. The van der Waals surface area contributed by atoms with Crippen molar-refractivity contribution in [1.82, 2.24) is 0 Å². The zero-order chi connectivity index (χ0) is 26.4. The van der Waals surface area contributed by atoms with E-state index in [-0.39, 0.29) is 22.3 Å². The van der Waals surface area contributed by atoms with Gasteiger partial charge in [-0.25, -0.2) is 0 Å². The Morgan fingerprint density at radius 2 is 1.16 bits per heavy atom. The second-order valence-corrected chi connectivity index (χ2v) is 12.3. The van der Waals surface area contributed by atoms with Crippen LogP contribution in [0.3, 0.4) is 0 Å². The molecule has 4 aromatic carbocycles. The standard InChI is InChI=1S/C33H32Cl2O2/c1-21-18-32(2,3)20-33(19-21,30-12-10-26(36)16-28(30)22-6-4-8-24(34)14-22)31-13-11-27(37)17-29(31)23-7-5-9-25(35)15-23/h4-17,21,36-37H,18-20H2,1-3H3. The van der Waals surface area contributed by atoms with E-state index >= 15 is 0 Å². The molecule has 4 heteroatoms. The zero-order valence-electron chi connectivity index (χ0n) is 21.4. The molecule has 1 aliphatic carbocycles. The van der Waals surface area contributed by atoms with E-state index in [1.54, 1.807) is 12.1 Å². The molecule has 1 aliphatic rings. The third-order valence-corrected chi connectivity index (χ3v) is 8.16. The predicted octanol–water partition coefficient (Wildman–Crippen LogP) is 9.87. The molecule has 0 bridgehead atoms. The summed E-state index contributed by atoms with van der Waals surface area (Å²) in [5, 5.41) is 22.5. The van der Waals surface area contributed by atoms with Crippen LogP contribution in [-0.2, 0) is 5.41 Å². The Hall–Kier alpha value is -2.94. The van der Waals surface area contributed by atoms with Crippen molar-refractivity contribution in [3.8, 4) is 33.8 Å². The number of phenolic OH excluding ortho intramolecular Hbond substituents is 2. The molecule has 2 N–H and O–H groups in total. The van der Waals surface area contributed by atoms with Crippen molar-refractivity contribution in [3.63, 3.8) is 0 Å². The van der Waals surface area contributed by atoms with Crippen molar-refractivity contribution in [2.24, 2.45) is 11.3 Å². The summed E-state index contributed by atoms with van der Waals surface area (Å²) in [5.41, 5.74) is 5.88. The Balaban J connectivity index is 1.86. The van der Waals surface area contributed by atoms with Gasteiger partial charge in [-0.2, -0.15) is 0 Å². The minimum Gasteiger partial charge on any atom is -0.508 e. The van der Waals surface area contributed by atoms with E-state index in [9.17, 15) is 10.2 Å². The highest BCUT2D eigenvalue weighted by Gasteiger charge is 2.47. The lowest BCUT2D eigenvalue weighted by Gasteiger charge is -2.50. The van der Waals surface area contributed by atoms with Crippen molar-refractivity contribution in [2.75, 3.05) is 0 Å². The zero-order valence-corrected chi connectivity index (χ0v) is 22.9. The lowest BCUT2D eigenvalue weighted by molar-refractivity contribution is 0.127. The van der Waals surface area contributed by atoms with Gasteiger partial charge in [-0.05, 0) is 113 Å². The molecule has 190 valence electrons. The van der Waals surface area contributed by atoms with Gasteiger partial charge in [-0.3, -0.25) is 0 Å². The lowest BCUT2D eigenvalue weighted by Crippen LogP contribution is -2.41. The topological polar surface area (TPSA) is 40.5 Å². The molecule has 0 amide bonds. The first kappa shape index (κ1) is 25.7. The molecule has 0 spiro atoms. The fourth-order valence-electron chi connectivity index (χ4n) is 6.82. The monoisotopic (exact) mass is 530 g/mol. The summed E-state index contributed by atoms with van der Waals surface area (Å²) in [5.74, 6) is 0.904. The molecule has 1 fully saturated rings. The molecule has 1 saturated carbocycles. The first-order valence-electron chi connectivity index (χ1n) is 12.8. The maximum Gasteiger partial charge on any atom is 0.116 e. The summed E-state index contributed by atoms with van der Waals surface area (Å²) >= 11 is 12.9. The van der Waals surface area contributed by atoms with Crippen LogP contribution in [-0.4, -0.2) is 10.2 Å². The van der Waals surface area contributed by atoms with E-state index in [1.165, 1.54) is 0 Å². The van der Waals surface area contributed by atoms with E-state index in [0.717, 1.165) is 52.6 Å². The van der Waals surface area contributed by atoms with Crippen molar-refractivity contribution >= 4 is 23.2 Å². The maximum absolute atomic E-state index is 10.6. The summed E-state index contributed by atoms with van der Waals surface area (Å²) in [6.07, 6.45) is 2.98. The molecule has 0 heterocycles. The van der Waals surface area contributed by atoms with Gasteiger partial charge in [0, 0.05) is 15.5 Å². The highest BCUT2D eigenvalue weighted by Crippen LogP contribution is 2.57. The number of halogens is 2. The summed E-state index contributed by atoms with van der Waals surface area (Å²) in [7, 11) is 0. The highest BCUT2D eigenvalue weighted by molar-refractivity contribution is 6.31. The van der Waals surface area contributed by atoms with Crippen LogP contribution in [0.5, 0.6) is 11.5 Å². The minimum absolute atomic E-state index is 0.0741. The molecular weight excluding hydrogens is 499 g/mol. The molecule has 1 unspecified atom stereocenters. The minimum atomic E-state index is -0.377. The summed E-state index contributed by atoms with van der Waals surface area (Å²) < 4.78 is 0. The van der Waals surface area contributed by atoms with Crippen molar-refractivity contribution < 1.29 is 10.2 Å². The van der Waals surface area contributed by atoms with Gasteiger partial charge in [0.05, 0.1) is 0 Å². The smallest absolute Gasteiger partial charge is 0.116 e. The van der Waals surface area contributed by atoms with Gasteiger partial charge >= 0.3 is 0 Å². The summed E-state index contributed by atoms with van der Waals surface area (Å²) in [6, 6.07) is 27.1. The van der Waals surface area contributed by atoms with Gasteiger partial charge in [-0.1, -0.05) is 80.4 Å². The van der Waals surface area contributed by atoms with Crippen molar-refractivity contribution in [2.45, 2.75) is 45.4 Å². The molecule has 1 atom stereocenters. The van der Waals surface area contributed by atoms with Gasteiger partial charge in [0.25, 0.3) is 0 Å². The van der Waals surface area contributed by atoms with Crippen LogP contribution < -0.4 is 0 Å². The molecule has 37 heavy (non-hydrogen) atoms. The van der Waals surface area contributed by atoms with Gasteiger partial charge in [0.15, 0.2) is 0 Å². The number of benzene rings is 4. The Morgan fingerprint density at radius 1 is 0.676 bits per heavy atom. The van der Waals surface area contributed by atoms with Gasteiger partial charge in [0.1, 0.15) is 11.5 Å². The van der Waals surface area contributed by atoms with E-state index in [0.29, 0.717) is 16.0 Å². The quantitative estimate of drug-likeness (QED) is 0.275. The van der Waals surface area contributed by atoms with Gasteiger partial charge < -0.3 is 10.2 Å². The number of phenols is 2. The average Bonchev–Trinajstić information content (AvgIpc) is 2.82. The Morgan fingerprint density at radius 3 is 1.59 bits per heavy atom. The third-order valence-electron chi connectivity index (χ3n) is 7.69. The van der Waals surface area contributed by atoms with E-state index in [4.69, 9.17) is 23.2 Å². The highest BCUT2D eigenvalue weighted by atomic mass is 35.5. The SMILES string of the molecule is CC1CC(C)(C)CC(c2ccc(O)cc2-c2cccc(Cl)c2)(c2ccc(O)cc2-c2cccc(Cl)c2)C1. The lowest BCUT2D eigenvalue weighted by atomic mass is 9.54. The first-order valence-corrected chi connectivity index (χ1v) is 13.5. The van der Waals surface area contributed by atoms with Crippen LogP contribution in [0.1, 0.15) is 51.2 Å². The second kappa shape index (κ2) is 9.74. The molecule has 0 aromatic heterocycles. The molecule has 0 aliphatic heterocycles. The molecule has 2 nitrogen and oxygen atoms in total. The fourth-order valence-corrected chi connectivity index (χ4v) is 7.20. The number of aromatic hydroxyl groups is 2. The number of rotatable bonds is 4. The van der Waals surface area contributed by atoms with Gasteiger partial charge in [0.2, 0.25) is 0 Å². The Labute approximate surface area is 229 Å². The normalized spacial score (nSPS) is 18.5. The van der Waals surface area contributed by atoms with E-state index < -0.39 is 0 Å². The molecule has 5 rings (SSSR count). The third kappa shape index (κ3) is 5.10. The van der Waals surface area contributed by atoms with Crippen molar-refractivity contribution in [3.05, 3.63) is 106 Å². The fraction of sp³-hybridized carbons (Fsp3) is 0.273. The average molecular weight is 532 g/mol. The number of hydrogen-bond donors (Lipinski definition) is 2. The molecule has 0 saturated heterocycles. The first-order chi connectivity index (χ1) is 17.6. The van der Waals surface area contributed by atoms with Crippen LogP contribution in [0, 0.1) is 11.3 Å². The molecule has 4 aromatic rings. The van der Waals surface area contributed by atoms with E-state index in [2.05, 4.69) is 32.9 Å². The maximum atomic E-state index is 10.6. The van der Waals surface area contributed by atoms with Crippen LogP contribution in [0.25, 0.3) is 22.3 Å². The summed E-state index contributed by atoms with van der Waals surface area (Å²) in [4.78, 5) is 0. The van der Waals surface area contributed by atoms with Crippen LogP contribution >= 0.6 is 23.2 Å².